The van der Waals surface area contributed by atoms with Gasteiger partial charge in [-0.1, -0.05) is 12.1 Å². The third-order valence-electron chi connectivity index (χ3n) is 3.09. The molecule has 1 heterocycles. The fourth-order valence-electron chi connectivity index (χ4n) is 1.84. The van der Waals surface area contributed by atoms with E-state index in [0.717, 1.165) is 5.56 Å². The fraction of sp³-hybridized carbons (Fsp3) is 0.267. The molecule has 0 spiro atoms. The molecule has 2 rings (SSSR count). The number of rotatable bonds is 5. The molecular formula is C15H18N2O3S. The minimum absolute atomic E-state index is 0.116. The number of amides is 2. The average Bonchev–Trinajstić information content (AvgIpc) is 3.01. The molecule has 0 fully saturated rings. The number of aliphatic hydroxyl groups is 1. The summed E-state index contributed by atoms with van der Waals surface area (Å²) in [7, 11) is 1.54. The summed E-state index contributed by atoms with van der Waals surface area (Å²) in [6, 6.07) is 8.58. The van der Waals surface area contributed by atoms with Crippen molar-refractivity contribution in [3.63, 3.8) is 0 Å². The van der Waals surface area contributed by atoms with Gasteiger partial charge in [-0.2, -0.15) is 11.3 Å². The van der Waals surface area contributed by atoms with Gasteiger partial charge in [0.1, 0.15) is 11.4 Å². The van der Waals surface area contributed by atoms with Crippen LogP contribution in [-0.4, -0.2) is 24.8 Å². The highest BCUT2D eigenvalue weighted by atomic mass is 32.1. The van der Waals surface area contributed by atoms with Crippen LogP contribution in [0.15, 0.2) is 41.1 Å². The van der Waals surface area contributed by atoms with E-state index >= 15 is 0 Å². The fourth-order valence-corrected chi connectivity index (χ4v) is 2.62. The van der Waals surface area contributed by atoms with Gasteiger partial charge in [0.05, 0.1) is 19.3 Å². The monoisotopic (exact) mass is 306 g/mol. The van der Waals surface area contributed by atoms with Crippen LogP contribution in [0.4, 0.5) is 10.5 Å². The summed E-state index contributed by atoms with van der Waals surface area (Å²) in [4.78, 5) is 11.9. The predicted octanol–water partition coefficient (Wildman–Crippen LogP) is 2.79. The van der Waals surface area contributed by atoms with Crippen molar-refractivity contribution in [3.8, 4) is 5.75 Å². The second kappa shape index (κ2) is 6.60. The maximum absolute atomic E-state index is 11.9. The Bertz CT molecular complexity index is 597. The first kappa shape index (κ1) is 15.3. The molecule has 0 saturated heterocycles. The van der Waals surface area contributed by atoms with Gasteiger partial charge in [-0.25, -0.2) is 4.79 Å². The Morgan fingerprint density at radius 2 is 2.14 bits per heavy atom. The van der Waals surface area contributed by atoms with Gasteiger partial charge in [0.25, 0.3) is 0 Å². The molecule has 1 aromatic heterocycles. The molecule has 112 valence electrons. The summed E-state index contributed by atoms with van der Waals surface area (Å²) in [5, 5.41) is 19.4. The second-order valence-electron chi connectivity index (χ2n) is 4.79. The van der Waals surface area contributed by atoms with Gasteiger partial charge in [0.2, 0.25) is 0 Å². The Morgan fingerprint density at radius 3 is 2.81 bits per heavy atom. The second-order valence-corrected chi connectivity index (χ2v) is 5.57. The van der Waals surface area contributed by atoms with Gasteiger partial charge in [-0.15, -0.1) is 0 Å². The molecule has 0 aliphatic rings. The van der Waals surface area contributed by atoms with Crippen molar-refractivity contribution >= 4 is 23.1 Å². The highest BCUT2D eigenvalue weighted by molar-refractivity contribution is 7.08. The van der Waals surface area contributed by atoms with Crippen molar-refractivity contribution in [2.75, 3.05) is 19.0 Å². The molecule has 21 heavy (non-hydrogen) atoms. The zero-order chi connectivity index (χ0) is 15.3. The number of anilines is 1. The molecule has 2 amide bonds. The third kappa shape index (κ3) is 3.96. The number of methoxy groups -OCH3 is 1. The summed E-state index contributed by atoms with van der Waals surface area (Å²) in [5.74, 6) is 0.581. The number of carbonyl (C=O) groups is 1. The van der Waals surface area contributed by atoms with Crippen LogP contribution in [0.3, 0.4) is 0 Å². The molecule has 3 N–H and O–H groups in total. The van der Waals surface area contributed by atoms with Gasteiger partial charge in [-0.3, -0.25) is 0 Å². The molecule has 0 bridgehead atoms. The first-order chi connectivity index (χ1) is 10.0. The Labute approximate surface area is 127 Å². The van der Waals surface area contributed by atoms with Crippen LogP contribution < -0.4 is 15.4 Å². The predicted molar refractivity (Wildman–Crippen MR) is 83.9 cm³/mol. The molecule has 0 saturated carbocycles. The molecule has 1 atom stereocenters. The van der Waals surface area contributed by atoms with E-state index in [-0.39, 0.29) is 6.54 Å². The molecule has 5 nitrogen and oxygen atoms in total. The largest absolute Gasteiger partial charge is 0.495 e. The number of hydrogen-bond donors (Lipinski definition) is 3. The van der Waals surface area contributed by atoms with Crippen molar-refractivity contribution in [1.29, 1.82) is 0 Å². The third-order valence-corrected chi connectivity index (χ3v) is 3.77. The van der Waals surface area contributed by atoms with Crippen molar-refractivity contribution in [1.82, 2.24) is 5.32 Å². The SMILES string of the molecule is COc1ccccc1NC(=O)NC[C@](C)(O)c1ccsc1. The molecule has 0 aliphatic carbocycles. The topological polar surface area (TPSA) is 70.6 Å². The van der Waals surface area contributed by atoms with Crippen LogP contribution in [0.25, 0.3) is 0 Å². The molecule has 0 radical (unpaired) electrons. The summed E-state index contributed by atoms with van der Waals surface area (Å²) in [6.07, 6.45) is 0. The molecule has 0 aliphatic heterocycles. The van der Waals surface area contributed by atoms with E-state index in [1.165, 1.54) is 11.3 Å². The Hall–Kier alpha value is -2.05. The lowest BCUT2D eigenvalue weighted by molar-refractivity contribution is 0.0604. The highest BCUT2D eigenvalue weighted by Gasteiger charge is 2.24. The van der Waals surface area contributed by atoms with E-state index in [1.54, 1.807) is 32.2 Å². The summed E-state index contributed by atoms with van der Waals surface area (Å²) in [5.41, 5.74) is 0.260. The van der Waals surface area contributed by atoms with Crippen molar-refractivity contribution in [2.24, 2.45) is 0 Å². The maximum atomic E-state index is 11.9. The standard InChI is InChI=1S/C15H18N2O3S/c1-15(19,11-7-8-21-9-11)10-16-14(18)17-12-5-3-4-6-13(12)20-2/h3-9,19H,10H2,1-2H3,(H2,16,17,18)/t15-/m0/s1. The van der Waals surface area contributed by atoms with Crippen LogP contribution in [0.1, 0.15) is 12.5 Å². The van der Waals surface area contributed by atoms with Gasteiger partial charge >= 0.3 is 6.03 Å². The first-order valence-electron chi connectivity index (χ1n) is 6.46. The van der Waals surface area contributed by atoms with Crippen LogP contribution in [0.5, 0.6) is 5.75 Å². The van der Waals surface area contributed by atoms with Crippen molar-refractivity contribution in [3.05, 3.63) is 46.7 Å². The van der Waals surface area contributed by atoms with Crippen LogP contribution in [0, 0.1) is 0 Å². The van der Waals surface area contributed by atoms with E-state index in [1.807, 2.05) is 22.9 Å². The summed E-state index contributed by atoms with van der Waals surface area (Å²) in [6.45, 7) is 1.78. The van der Waals surface area contributed by atoms with Gasteiger partial charge in [0, 0.05) is 0 Å². The Balaban J connectivity index is 1.93. The number of hydrogen-bond acceptors (Lipinski definition) is 4. The number of benzene rings is 1. The number of para-hydroxylation sites is 2. The minimum Gasteiger partial charge on any atom is -0.495 e. The molecule has 0 unspecified atom stereocenters. The lowest BCUT2D eigenvalue weighted by Gasteiger charge is -2.23. The van der Waals surface area contributed by atoms with E-state index in [4.69, 9.17) is 4.74 Å². The Morgan fingerprint density at radius 1 is 1.38 bits per heavy atom. The lowest BCUT2D eigenvalue weighted by Crippen LogP contribution is -2.40. The van der Waals surface area contributed by atoms with E-state index in [9.17, 15) is 9.90 Å². The van der Waals surface area contributed by atoms with E-state index in [0.29, 0.717) is 11.4 Å². The molecule has 6 heteroatoms. The van der Waals surface area contributed by atoms with Gasteiger partial charge < -0.3 is 20.5 Å². The molecule has 1 aromatic carbocycles. The van der Waals surface area contributed by atoms with E-state index < -0.39 is 11.6 Å². The van der Waals surface area contributed by atoms with E-state index in [2.05, 4.69) is 10.6 Å². The minimum atomic E-state index is -1.10. The lowest BCUT2D eigenvalue weighted by atomic mass is 9.99. The molecular weight excluding hydrogens is 288 g/mol. The van der Waals surface area contributed by atoms with Gasteiger partial charge in [0.15, 0.2) is 0 Å². The molecule has 2 aromatic rings. The van der Waals surface area contributed by atoms with Gasteiger partial charge in [-0.05, 0) is 41.4 Å². The zero-order valence-corrected chi connectivity index (χ0v) is 12.7. The number of thiophene rings is 1. The first-order valence-corrected chi connectivity index (χ1v) is 7.40. The quantitative estimate of drug-likeness (QED) is 0.795. The average molecular weight is 306 g/mol. The zero-order valence-electron chi connectivity index (χ0n) is 11.9. The summed E-state index contributed by atoms with van der Waals surface area (Å²) < 4.78 is 5.16. The maximum Gasteiger partial charge on any atom is 0.319 e. The van der Waals surface area contributed by atoms with Crippen molar-refractivity contribution < 1.29 is 14.6 Å². The van der Waals surface area contributed by atoms with Crippen LogP contribution in [0.2, 0.25) is 0 Å². The van der Waals surface area contributed by atoms with Crippen LogP contribution >= 0.6 is 11.3 Å². The Kier molecular flexibility index (Phi) is 4.82. The number of ether oxygens (including phenoxy) is 1. The van der Waals surface area contributed by atoms with Crippen LogP contribution in [-0.2, 0) is 5.60 Å². The highest BCUT2D eigenvalue weighted by Crippen LogP contribution is 2.24. The summed E-state index contributed by atoms with van der Waals surface area (Å²) >= 11 is 1.50. The smallest absolute Gasteiger partial charge is 0.319 e. The number of carbonyl (C=O) groups excluding carboxylic acids is 1. The number of nitrogens with one attached hydrogen (secondary N) is 2. The van der Waals surface area contributed by atoms with Crippen molar-refractivity contribution in [2.45, 2.75) is 12.5 Å². The number of urea groups is 1. The normalized spacial score (nSPS) is 13.3.